The molecule has 2 nitrogen and oxygen atoms in total. The van der Waals surface area contributed by atoms with E-state index in [0.29, 0.717) is 11.8 Å². The van der Waals surface area contributed by atoms with Crippen LogP contribution >= 0.6 is 22.9 Å². The van der Waals surface area contributed by atoms with Crippen LogP contribution in [0.25, 0.3) is 0 Å². The summed E-state index contributed by atoms with van der Waals surface area (Å²) < 4.78 is 0. The van der Waals surface area contributed by atoms with E-state index >= 15 is 0 Å². The fourth-order valence-corrected chi connectivity index (χ4v) is 2.48. The second kappa shape index (κ2) is 6.33. The van der Waals surface area contributed by atoms with Gasteiger partial charge in [-0.15, -0.1) is 22.9 Å². The second-order valence-electron chi connectivity index (χ2n) is 3.81. The van der Waals surface area contributed by atoms with Crippen LogP contribution in [-0.2, 0) is 5.88 Å². The van der Waals surface area contributed by atoms with Crippen molar-refractivity contribution in [3.8, 4) is 0 Å². The van der Waals surface area contributed by atoms with Gasteiger partial charge < -0.3 is 4.90 Å². The second-order valence-corrected chi connectivity index (χ2v) is 4.91. The third-order valence-electron chi connectivity index (χ3n) is 2.56. The Hall–Kier alpha value is -0.280. The standard InChI is InChI=1S/C11H19ClN2S/c1-4-9(3)7-14(5-2)11-13-10(6-12)8-15-11/h8-9H,4-7H2,1-3H3. The lowest BCUT2D eigenvalue weighted by Crippen LogP contribution is -2.27. The summed E-state index contributed by atoms with van der Waals surface area (Å²) in [6, 6.07) is 0. The highest BCUT2D eigenvalue weighted by Crippen LogP contribution is 2.22. The van der Waals surface area contributed by atoms with Crippen molar-refractivity contribution in [2.24, 2.45) is 5.92 Å². The summed E-state index contributed by atoms with van der Waals surface area (Å²) in [5.74, 6) is 1.23. The maximum Gasteiger partial charge on any atom is 0.185 e. The SMILES string of the molecule is CCC(C)CN(CC)c1nc(CCl)cs1. The van der Waals surface area contributed by atoms with Gasteiger partial charge in [0.15, 0.2) is 5.13 Å². The molecule has 0 N–H and O–H groups in total. The summed E-state index contributed by atoms with van der Waals surface area (Å²) in [6.45, 7) is 8.77. The summed E-state index contributed by atoms with van der Waals surface area (Å²) in [5.41, 5.74) is 0.985. The summed E-state index contributed by atoms with van der Waals surface area (Å²) in [6.07, 6.45) is 1.21. The third kappa shape index (κ3) is 3.65. The number of anilines is 1. The summed E-state index contributed by atoms with van der Waals surface area (Å²) >= 11 is 7.44. The summed E-state index contributed by atoms with van der Waals surface area (Å²) in [5, 5.41) is 3.15. The molecule has 15 heavy (non-hydrogen) atoms. The first kappa shape index (κ1) is 12.8. The lowest BCUT2D eigenvalue weighted by molar-refractivity contribution is 0.547. The topological polar surface area (TPSA) is 16.1 Å². The molecule has 4 heteroatoms. The van der Waals surface area contributed by atoms with Crippen LogP contribution in [0.1, 0.15) is 32.9 Å². The predicted molar refractivity (Wildman–Crippen MR) is 69.0 cm³/mol. The highest BCUT2D eigenvalue weighted by molar-refractivity contribution is 7.13. The zero-order chi connectivity index (χ0) is 11.3. The van der Waals surface area contributed by atoms with Gasteiger partial charge in [-0.05, 0) is 12.8 Å². The molecule has 0 fully saturated rings. The Balaban J connectivity index is 2.65. The first-order valence-electron chi connectivity index (χ1n) is 5.46. The average molecular weight is 247 g/mol. The highest BCUT2D eigenvalue weighted by atomic mass is 35.5. The van der Waals surface area contributed by atoms with Gasteiger partial charge in [0.1, 0.15) is 0 Å². The first-order valence-corrected chi connectivity index (χ1v) is 6.87. The molecule has 0 bridgehead atoms. The number of aromatic nitrogens is 1. The molecule has 0 aromatic carbocycles. The van der Waals surface area contributed by atoms with Crippen LogP contribution in [0.5, 0.6) is 0 Å². The molecular weight excluding hydrogens is 228 g/mol. The van der Waals surface area contributed by atoms with Crippen LogP contribution < -0.4 is 4.90 Å². The van der Waals surface area contributed by atoms with Gasteiger partial charge in [-0.25, -0.2) is 4.98 Å². The molecule has 1 rings (SSSR count). The minimum Gasteiger partial charge on any atom is -0.348 e. The molecule has 1 aromatic rings. The van der Waals surface area contributed by atoms with Crippen molar-refractivity contribution >= 4 is 28.1 Å². The molecule has 0 amide bonds. The smallest absolute Gasteiger partial charge is 0.185 e. The van der Waals surface area contributed by atoms with Crippen molar-refractivity contribution in [3.63, 3.8) is 0 Å². The van der Waals surface area contributed by atoms with E-state index in [2.05, 4.69) is 30.7 Å². The third-order valence-corrected chi connectivity index (χ3v) is 3.78. The van der Waals surface area contributed by atoms with Crippen molar-refractivity contribution in [1.82, 2.24) is 4.98 Å². The Morgan fingerprint density at radius 1 is 1.53 bits per heavy atom. The first-order chi connectivity index (χ1) is 7.21. The number of hydrogen-bond acceptors (Lipinski definition) is 3. The van der Waals surface area contributed by atoms with E-state index in [1.807, 2.05) is 5.38 Å². The van der Waals surface area contributed by atoms with Gasteiger partial charge in [0.25, 0.3) is 0 Å². The number of alkyl halides is 1. The Labute approximate surface area is 101 Å². The minimum atomic E-state index is 0.511. The molecule has 0 aliphatic carbocycles. The number of halogens is 1. The Morgan fingerprint density at radius 2 is 2.27 bits per heavy atom. The molecule has 0 aliphatic rings. The molecule has 1 aromatic heterocycles. The van der Waals surface area contributed by atoms with E-state index in [-0.39, 0.29) is 0 Å². The van der Waals surface area contributed by atoms with Crippen LogP contribution in [0.15, 0.2) is 5.38 Å². The normalized spacial score (nSPS) is 12.8. The van der Waals surface area contributed by atoms with Gasteiger partial charge in [-0.1, -0.05) is 20.3 Å². The maximum atomic E-state index is 5.75. The van der Waals surface area contributed by atoms with Gasteiger partial charge in [0, 0.05) is 18.5 Å². The molecule has 0 saturated carbocycles. The predicted octanol–water partition coefficient (Wildman–Crippen LogP) is 3.75. The van der Waals surface area contributed by atoms with E-state index in [0.717, 1.165) is 23.9 Å². The lowest BCUT2D eigenvalue weighted by atomic mass is 10.1. The van der Waals surface area contributed by atoms with Crippen molar-refractivity contribution in [2.45, 2.75) is 33.1 Å². The Morgan fingerprint density at radius 3 is 2.73 bits per heavy atom. The van der Waals surface area contributed by atoms with Crippen LogP contribution in [-0.4, -0.2) is 18.1 Å². The fourth-order valence-electron chi connectivity index (χ4n) is 1.35. The van der Waals surface area contributed by atoms with E-state index in [1.54, 1.807) is 11.3 Å². The monoisotopic (exact) mass is 246 g/mol. The molecule has 0 aliphatic heterocycles. The quantitative estimate of drug-likeness (QED) is 0.711. The molecule has 0 saturated heterocycles. The van der Waals surface area contributed by atoms with E-state index in [9.17, 15) is 0 Å². The van der Waals surface area contributed by atoms with Crippen molar-refractivity contribution in [3.05, 3.63) is 11.1 Å². The van der Waals surface area contributed by atoms with Crippen LogP contribution in [0.2, 0.25) is 0 Å². The van der Waals surface area contributed by atoms with E-state index in [4.69, 9.17) is 11.6 Å². The summed E-state index contributed by atoms with van der Waals surface area (Å²) in [7, 11) is 0. The minimum absolute atomic E-state index is 0.511. The zero-order valence-electron chi connectivity index (χ0n) is 9.66. The summed E-state index contributed by atoms with van der Waals surface area (Å²) in [4.78, 5) is 6.83. The number of hydrogen-bond donors (Lipinski definition) is 0. The van der Waals surface area contributed by atoms with Crippen molar-refractivity contribution < 1.29 is 0 Å². The van der Waals surface area contributed by atoms with Crippen molar-refractivity contribution in [1.29, 1.82) is 0 Å². The van der Waals surface area contributed by atoms with E-state index < -0.39 is 0 Å². The van der Waals surface area contributed by atoms with Crippen molar-refractivity contribution in [2.75, 3.05) is 18.0 Å². The molecule has 86 valence electrons. The largest absolute Gasteiger partial charge is 0.348 e. The van der Waals surface area contributed by atoms with Gasteiger partial charge >= 0.3 is 0 Å². The number of thiazole rings is 1. The zero-order valence-corrected chi connectivity index (χ0v) is 11.2. The molecule has 1 heterocycles. The van der Waals surface area contributed by atoms with Gasteiger partial charge in [-0.3, -0.25) is 0 Å². The van der Waals surface area contributed by atoms with Gasteiger partial charge in [-0.2, -0.15) is 0 Å². The van der Waals surface area contributed by atoms with Crippen LogP contribution in [0, 0.1) is 5.92 Å². The molecule has 1 unspecified atom stereocenters. The molecule has 1 atom stereocenters. The lowest BCUT2D eigenvalue weighted by Gasteiger charge is -2.23. The fraction of sp³-hybridized carbons (Fsp3) is 0.727. The Bertz CT molecular complexity index is 288. The van der Waals surface area contributed by atoms with Crippen LogP contribution in [0.4, 0.5) is 5.13 Å². The Kier molecular flexibility index (Phi) is 5.40. The van der Waals surface area contributed by atoms with Gasteiger partial charge in [0.2, 0.25) is 0 Å². The van der Waals surface area contributed by atoms with Crippen LogP contribution in [0.3, 0.4) is 0 Å². The molecule has 0 radical (unpaired) electrons. The number of nitrogens with zero attached hydrogens (tertiary/aromatic N) is 2. The van der Waals surface area contributed by atoms with E-state index in [1.165, 1.54) is 6.42 Å². The average Bonchev–Trinajstić information content (AvgIpc) is 2.73. The number of rotatable bonds is 6. The molecule has 0 spiro atoms. The molecular formula is C11H19ClN2S. The highest BCUT2D eigenvalue weighted by Gasteiger charge is 2.11. The van der Waals surface area contributed by atoms with Gasteiger partial charge in [0.05, 0.1) is 11.6 Å². The maximum absolute atomic E-state index is 5.75.